The lowest BCUT2D eigenvalue weighted by molar-refractivity contribution is -0.137. The number of pyridine rings is 1. The molecule has 0 atom stereocenters. The topological polar surface area (TPSA) is 46.4 Å². The molecule has 0 saturated heterocycles. The zero-order chi connectivity index (χ0) is 18.9. The van der Waals surface area contributed by atoms with Crippen molar-refractivity contribution in [2.24, 2.45) is 0 Å². The Morgan fingerprint density at radius 3 is 2.73 bits per heavy atom. The van der Waals surface area contributed by atoms with Crippen LogP contribution in [0.15, 0.2) is 42.7 Å². The largest absolute Gasteiger partial charge is 0.417 e. The van der Waals surface area contributed by atoms with Gasteiger partial charge in [0.25, 0.3) is 0 Å². The zero-order valence-corrected chi connectivity index (χ0v) is 14.5. The Balaban J connectivity index is 1.98. The fourth-order valence-electron chi connectivity index (χ4n) is 2.56. The van der Waals surface area contributed by atoms with Gasteiger partial charge < -0.3 is 9.72 Å². The van der Waals surface area contributed by atoms with Crippen LogP contribution in [-0.2, 0) is 11.0 Å². The second kappa shape index (κ2) is 6.99. The fourth-order valence-corrected chi connectivity index (χ4v) is 2.82. The lowest BCUT2D eigenvalue weighted by Crippen LogP contribution is -2.10. The Morgan fingerprint density at radius 1 is 1.27 bits per heavy atom. The molecule has 0 unspecified atom stereocenters. The van der Waals surface area contributed by atoms with Crippen molar-refractivity contribution in [3.05, 3.63) is 53.3 Å². The number of imidazole rings is 1. The number of alkyl halides is 3. The van der Waals surface area contributed by atoms with Gasteiger partial charge in [-0.2, -0.15) is 13.2 Å². The number of amides is 1. The number of hydrogen-bond donors (Lipinski definition) is 1. The summed E-state index contributed by atoms with van der Waals surface area (Å²) in [6.45, 7) is 1.91. The fraction of sp³-hybridized carbons (Fsp3) is 0.222. The molecular formula is C18H15ClF3N3O. The Morgan fingerprint density at radius 2 is 2.04 bits per heavy atom. The normalized spacial score (nSPS) is 11.7. The molecule has 8 heteroatoms. The minimum Gasteiger partial charge on any atom is -0.326 e. The average molecular weight is 382 g/mol. The van der Waals surface area contributed by atoms with Crippen LogP contribution in [0, 0.1) is 0 Å². The molecule has 0 saturated carbocycles. The molecule has 0 aliphatic heterocycles. The van der Waals surface area contributed by atoms with Crippen molar-refractivity contribution in [1.29, 1.82) is 0 Å². The molecule has 26 heavy (non-hydrogen) atoms. The maximum absolute atomic E-state index is 12.9. The van der Waals surface area contributed by atoms with Crippen LogP contribution in [0.3, 0.4) is 0 Å². The number of carbonyl (C=O) groups excluding carboxylic acids is 1. The van der Waals surface area contributed by atoms with Crippen LogP contribution in [0.5, 0.6) is 0 Å². The first kappa shape index (κ1) is 18.3. The number of benzene rings is 1. The number of anilines is 1. The number of halogens is 4. The van der Waals surface area contributed by atoms with Crippen molar-refractivity contribution in [3.63, 3.8) is 0 Å². The van der Waals surface area contributed by atoms with Gasteiger partial charge in [-0.25, -0.2) is 4.98 Å². The second-order valence-electron chi connectivity index (χ2n) is 5.81. The van der Waals surface area contributed by atoms with Gasteiger partial charge in [0.1, 0.15) is 0 Å². The lowest BCUT2D eigenvalue weighted by Gasteiger charge is -2.07. The van der Waals surface area contributed by atoms with Gasteiger partial charge in [-0.15, -0.1) is 0 Å². The highest BCUT2D eigenvalue weighted by Gasteiger charge is 2.31. The first-order chi connectivity index (χ1) is 12.3. The molecule has 0 bridgehead atoms. The predicted octanol–water partition coefficient (Wildman–Crippen LogP) is 5.41. The third kappa shape index (κ3) is 3.83. The van der Waals surface area contributed by atoms with Crippen molar-refractivity contribution in [2.75, 3.05) is 5.32 Å². The molecule has 0 aliphatic rings. The van der Waals surface area contributed by atoms with Crippen LogP contribution in [-0.4, -0.2) is 15.3 Å². The van der Waals surface area contributed by atoms with E-state index in [0.717, 1.165) is 18.7 Å². The van der Waals surface area contributed by atoms with E-state index in [1.54, 1.807) is 24.3 Å². The lowest BCUT2D eigenvalue weighted by atomic mass is 10.1. The molecule has 1 N–H and O–H groups in total. The molecule has 3 aromatic rings. The number of carbonyl (C=O) groups is 1. The number of nitrogens with zero attached hydrogens (tertiary/aromatic N) is 2. The Kier molecular flexibility index (Phi) is 4.91. The van der Waals surface area contributed by atoms with E-state index in [1.807, 2.05) is 6.92 Å². The van der Waals surface area contributed by atoms with Crippen LogP contribution in [0.4, 0.5) is 18.9 Å². The van der Waals surface area contributed by atoms with Crippen molar-refractivity contribution in [2.45, 2.75) is 25.9 Å². The van der Waals surface area contributed by atoms with Crippen LogP contribution in [0.2, 0.25) is 5.02 Å². The van der Waals surface area contributed by atoms with Crippen molar-refractivity contribution >= 4 is 28.8 Å². The SMILES string of the molecule is CCCC(=O)Nc1cccc(-c2cn3cc(C(F)(F)F)cc(Cl)c3n2)c1. The number of rotatable bonds is 4. The summed E-state index contributed by atoms with van der Waals surface area (Å²) < 4.78 is 40.0. The minimum absolute atomic E-state index is 0.0847. The van der Waals surface area contributed by atoms with Gasteiger partial charge in [0.2, 0.25) is 5.91 Å². The predicted molar refractivity (Wildman–Crippen MR) is 94.2 cm³/mol. The number of fused-ring (bicyclic) bond motifs is 1. The average Bonchev–Trinajstić information content (AvgIpc) is 2.99. The highest BCUT2D eigenvalue weighted by atomic mass is 35.5. The molecule has 0 spiro atoms. The van der Waals surface area contributed by atoms with Gasteiger partial charge in [0, 0.05) is 30.1 Å². The van der Waals surface area contributed by atoms with Crippen LogP contribution in [0.1, 0.15) is 25.3 Å². The summed E-state index contributed by atoms with van der Waals surface area (Å²) in [4.78, 5) is 16.0. The highest BCUT2D eigenvalue weighted by molar-refractivity contribution is 6.33. The van der Waals surface area contributed by atoms with Crippen molar-refractivity contribution in [3.8, 4) is 11.3 Å². The van der Waals surface area contributed by atoms with E-state index in [1.165, 1.54) is 10.6 Å². The smallest absolute Gasteiger partial charge is 0.326 e. The van der Waals surface area contributed by atoms with Gasteiger partial charge >= 0.3 is 6.18 Å². The molecule has 1 aromatic carbocycles. The van der Waals surface area contributed by atoms with Crippen molar-refractivity contribution in [1.82, 2.24) is 9.38 Å². The van der Waals surface area contributed by atoms with E-state index in [9.17, 15) is 18.0 Å². The molecule has 4 nitrogen and oxygen atoms in total. The van der Waals surface area contributed by atoms with Crippen LogP contribution >= 0.6 is 11.6 Å². The van der Waals surface area contributed by atoms with Gasteiger partial charge in [-0.05, 0) is 24.6 Å². The maximum Gasteiger partial charge on any atom is 0.417 e. The first-order valence-electron chi connectivity index (χ1n) is 7.93. The highest BCUT2D eigenvalue weighted by Crippen LogP contribution is 2.33. The second-order valence-corrected chi connectivity index (χ2v) is 6.22. The number of hydrogen-bond acceptors (Lipinski definition) is 2. The third-order valence-corrected chi connectivity index (χ3v) is 4.03. The molecule has 136 valence electrons. The van der Waals surface area contributed by atoms with Gasteiger partial charge in [-0.1, -0.05) is 30.7 Å². The van der Waals surface area contributed by atoms with Gasteiger partial charge in [0.15, 0.2) is 5.65 Å². The number of nitrogens with one attached hydrogen (secondary N) is 1. The first-order valence-corrected chi connectivity index (χ1v) is 8.31. The summed E-state index contributed by atoms with van der Waals surface area (Å²) in [5.74, 6) is -0.0995. The van der Waals surface area contributed by atoms with Crippen LogP contribution in [0.25, 0.3) is 16.9 Å². The Bertz CT molecular complexity index is 966. The summed E-state index contributed by atoms with van der Waals surface area (Å²) in [5, 5.41) is 2.69. The standard InChI is InChI=1S/C18H15ClF3N3O/c1-2-4-16(26)23-13-6-3-5-11(7-13)15-10-25-9-12(18(20,21)22)8-14(19)17(25)24-15/h3,5-10H,2,4H2,1H3,(H,23,26). The van der Waals surface area contributed by atoms with Crippen molar-refractivity contribution < 1.29 is 18.0 Å². The molecule has 2 aromatic heterocycles. The van der Waals surface area contributed by atoms with Gasteiger partial charge in [0.05, 0.1) is 16.3 Å². The van der Waals surface area contributed by atoms with Crippen LogP contribution < -0.4 is 5.32 Å². The quantitative estimate of drug-likeness (QED) is 0.656. The van der Waals surface area contributed by atoms with E-state index in [2.05, 4.69) is 10.3 Å². The zero-order valence-electron chi connectivity index (χ0n) is 13.8. The Labute approximate surface area is 152 Å². The summed E-state index contributed by atoms with van der Waals surface area (Å²) in [7, 11) is 0. The molecule has 2 heterocycles. The Hall–Kier alpha value is -2.54. The summed E-state index contributed by atoms with van der Waals surface area (Å²) in [6.07, 6.45) is -0.924. The molecule has 0 radical (unpaired) electrons. The maximum atomic E-state index is 12.9. The molecule has 3 rings (SSSR count). The van der Waals surface area contributed by atoms with E-state index in [4.69, 9.17) is 11.6 Å². The molecule has 0 fully saturated rings. The minimum atomic E-state index is -4.49. The van der Waals surface area contributed by atoms with E-state index >= 15 is 0 Å². The van der Waals surface area contributed by atoms with E-state index in [0.29, 0.717) is 23.4 Å². The van der Waals surface area contributed by atoms with E-state index < -0.39 is 11.7 Å². The number of aromatic nitrogens is 2. The summed E-state index contributed by atoms with van der Waals surface area (Å²) in [6, 6.07) is 7.81. The molecular weight excluding hydrogens is 367 g/mol. The third-order valence-electron chi connectivity index (χ3n) is 3.75. The molecule has 1 amide bonds. The summed E-state index contributed by atoms with van der Waals surface area (Å²) >= 11 is 5.96. The van der Waals surface area contributed by atoms with E-state index in [-0.39, 0.29) is 16.6 Å². The summed E-state index contributed by atoms with van der Waals surface area (Å²) in [5.41, 5.74) is 1.10. The van der Waals surface area contributed by atoms with Gasteiger partial charge in [-0.3, -0.25) is 4.79 Å². The monoisotopic (exact) mass is 381 g/mol. The molecule has 0 aliphatic carbocycles.